The third-order valence-corrected chi connectivity index (χ3v) is 2.87. The summed E-state index contributed by atoms with van der Waals surface area (Å²) < 4.78 is 0. The molecule has 0 aromatic heterocycles. The SMILES string of the molecule is CC(=O)CC(=O)Nc1ccc(C(O)C(O)CNC(C)=O)cc1. The fraction of sp³-hybridized carbons (Fsp3) is 0.400. The molecule has 2 atom stereocenters. The summed E-state index contributed by atoms with van der Waals surface area (Å²) in [6.07, 6.45) is -2.49. The highest BCUT2D eigenvalue weighted by atomic mass is 16.3. The number of Topliss-reactive ketones (excluding diaryl/α,β-unsaturated/α-hetero) is 1. The van der Waals surface area contributed by atoms with Crippen LogP contribution in [0.25, 0.3) is 0 Å². The van der Waals surface area contributed by atoms with Gasteiger partial charge in [-0.1, -0.05) is 12.1 Å². The van der Waals surface area contributed by atoms with Crippen LogP contribution in [0.15, 0.2) is 24.3 Å². The number of aliphatic hydroxyl groups is 2. The first-order valence-electron chi connectivity index (χ1n) is 6.79. The molecule has 0 radical (unpaired) electrons. The molecule has 2 unspecified atom stereocenters. The van der Waals surface area contributed by atoms with Crippen molar-refractivity contribution < 1.29 is 24.6 Å². The minimum atomic E-state index is -1.16. The number of hydrogen-bond acceptors (Lipinski definition) is 5. The van der Waals surface area contributed by atoms with E-state index < -0.39 is 18.1 Å². The summed E-state index contributed by atoms with van der Waals surface area (Å²) in [6.45, 7) is 2.58. The molecule has 0 bridgehead atoms. The van der Waals surface area contributed by atoms with Crippen LogP contribution >= 0.6 is 0 Å². The van der Waals surface area contributed by atoms with E-state index in [-0.39, 0.29) is 24.7 Å². The minimum Gasteiger partial charge on any atom is -0.388 e. The lowest BCUT2D eigenvalue weighted by atomic mass is 10.0. The quantitative estimate of drug-likeness (QED) is 0.535. The smallest absolute Gasteiger partial charge is 0.231 e. The maximum absolute atomic E-state index is 11.4. The van der Waals surface area contributed by atoms with Crippen LogP contribution in [0.2, 0.25) is 0 Å². The Balaban J connectivity index is 2.61. The van der Waals surface area contributed by atoms with Crippen molar-refractivity contribution in [3.8, 4) is 0 Å². The Morgan fingerprint density at radius 3 is 2.18 bits per heavy atom. The first-order chi connectivity index (χ1) is 10.3. The lowest BCUT2D eigenvalue weighted by molar-refractivity contribution is -0.124. The van der Waals surface area contributed by atoms with Crippen LogP contribution in [0.4, 0.5) is 5.69 Å². The Morgan fingerprint density at radius 1 is 1.09 bits per heavy atom. The third-order valence-electron chi connectivity index (χ3n) is 2.87. The van der Waals surface area contributed by atoms with Gasteiger partial charge in [0.2, 0.25) is 11.8 Å². The molecule has 0 saturated carbocycles. The summed E-state index contributed by atoms with van der Waals surface area (Å²) in [7, 11) is 0. The monoisotopic (exact) mass is 308 g/mol. The first kappa shape index (κ1) is 17.8. The lowest BCUT2D eigenvalue weighted by Crippen LogP contribution is -2.34. The molecule has 0 aliphatic carbocycles. The summed E-state index contributed by atoms with van der Waals surface area (Å²) in [5.74, 6) is -0.938. The highest BCUT2D eigenvalue weighted by Crippen LogP contribution is 2.19. The average molecular weight is 308 g/mol. The number of nitrogens with one attached hydrogen (secondary N) is 2. The van der Waals surface area contributed by atoms with Gasteiger partial charge in [0.25, 0.3) is 0 Å². The highest BCUT2D eigenvalue weighted by Gasteiger charge is 2.18. The van der Waals surface area contributed by atoms with Crippen molar-refractivity contribution in [1.29, 1.82) is 0 Å². The fourth-order valence-corrected chi connectivity index (χ4v) is 1.78. The standard InChI is InChI=1S/C15H20N2O5/c1-9(18)7-14(21)17-12-5-3-11(4-6-12)15(22)13(20)8-16-10(2)19/h3-6,13,15,20,22H,7-8H2,1-2H3,(H,16,19)(H,17,21). The molecule has 1 aromatic rings. The van der Waals surface area contributed by atoms with E-state index in [1.54, 1.807) is 24.3 Å². The van der Waals surface area contributed by atoms with Gasteiger partial charge in [-0.3, -0.25) is 14.4 Å². The topological polar surface area (TPSA) is 116 Å². The predicted octanol–water partition coefficient (Wildman–Crippen LogP) is 0.135. The number of ketones is 1. The first-order valence-corrected chi connectivity index (χ1v) is 6.79. The fourth-order valence-electron chi connectivity index (χ4n) is 1.78. The molecule has 7 nitrogen and oxygen atoms in total. The van der Waals surface area contributed by atoms with Crippen molar-refractivity contribution >= 4 is 23.3 Å². The molecule has 1 aromatic carbocycles. The van der Waals surface area contributed by atoms with Crippen molar-refractivity contribution in [2.45, 2.75) is 32.5 Å². The highest BCUT2D eigenvalue weighted by molar-refractivity contribution is 6.03. The molecular weight excluding hydrogens is 288 g/mol. The van der Waals surface area contributed by atoms with E-state index in [1.807, 2.05) is 0 Å². The van der Waals surface area contributed by atoms with Gasteiger partial charge in [0.05, 0.1) is 6.42 Å². The van der Waals surface area contributed by atoms with Crippen LogP contribution in [0.3, 0.4) is 0 Å². The minimum absolute atomic E-state index is 0.0619. The molecule has 2 amide bonds. The molecule has 4 N–H and O–H groups in total. The maximum Gasteiger partial charge on any atom is 0.231 e. The van der Waals surface area contributed by atoms with Gasteiger partial charge in [-0.15, -0.1) is 0 Å². The van der Waals surface area contributed by atoms with Crippen LogP contribution in [0, 0.1) is 0 Å². The van der Waals surface area contributed by atoms with Gasteiger partial charge < -0.3 is 20.8 Å². The second-order valence-electron chi connectivity index (χ2n) is 5.00. The number of amides is 2. The molecule has 120 valence electrons. The predicted molar refractivity (Wildman–Crippen MR) is 80.0 cm³/mol. The summed E-state index contributed by atoms with van der Waals surface area (Å²) in [4.78, 5) is 33.0. The normalized spacial score (nSPS) is 13.1. The number of rotatable bonds is 7. The van der Waals surface area contributed by atoms with Crippen molar-refractivity contribution in [1.82, 2.24) is 5.32 Å². The number of benzene rings is 1. The van der Waals surface area contributed by atoms with Gasteiger partial charge in [-0.2, -0.15) is 0 Å². The van der Waals surface area contributed by atoms with Crippen molar-refractivity contribution in [3.63, 3.8) is 0 Å². The van der Waals surface area contributed by atoms with Gasteiger partial charge in [0, 0.05) is 19.2 Å². The summed E-state index contributed by atoms with van der Waals surface area (Å²) in [5, 5.41) is 24.7. The maximum atomic E-state index is 11.4. The number of carbonyl (C=O) groups excluding carboxylic acids is 3. The van der Waals surface area contributed by atoms with Crippen molar-refractivity contribution in [2.75, 3.05) is 11.9 Å². The molecule has 7 heteroatoms. The van der Waals surface area contributed by atoms with Crippen LogP contribution < -0.4 is 10.6 Å². The molecule has 0 aliphatic rings. The number of carbonyl (C=O) groups is 3. The number of hydrogen-bond donors (Lipinski definition) is 4. The van der Waals surface area contributed by atoms with Crippen molar-refractivity contribution in [3.05, 3.63) is 29.8 Å². The Kier molecular flexibility index (Phi) is 6.68. The Morgan fingerprint density at radius 2 is 1.68 bits per heavy atom. The number of aliphatic hydroxyl groups excluding tert-OH is 2. The van der Waals surface area contributed by atoms with Crippen LogP contribution in [-0.4, -0.2) is 40.5 Å². The number of anilines is 1. The second-order valence-corrected chi connectivity index (χ2v) is 5.00. The van der Waals surface area contributed by atoms with E-state index >= 15 is 0 Å². The summed E-state index contributed by atoms with van der Waals surface area (Å²) >= 11 is 0. The summed E-state index contributed by atoms with van der Waals surface area (Å²) in [6, 6.07) is 6.21. The van der Waals surface area contributed by atoms with Crippen molar-refractivity contribution in [2.24, 2.45) is 0 Å². The van der Waals surface area contributed by atoms with Gasteiger partial charge in [0.15, 0.2) is 0 Å². The van der Waals surface area contributed by atoms with Gasteiger partial charge >= 0.3 is 0 Å². The van der Waals surface area contributed by atoms with Gasteiger partial charge in [-0.25, -0.2) is 0 Å². The Hall–Kier alpha value is -2.25. The molecule has 0 aliphatic heterocycles. The van der Waals surface area contributed by atoms with Gasteiger partial charge in [0.1, 0.15) is 18.0 Å². The van der Waals surface area contributed by atoms with E-state index in [4.69, 9.17) is 0 Å². The zero-order chi connectivity index (χ0) is 16.7. The second kappa shape index (κ2) is 8.26. The molecule has 0 fully saturated rings. The largest absolute Gasteiger partial charge is 0.388 e. The summed E-state index contributed by atoms with van der Waals surface area (Å²) in [5.41, 5.74) is 0.931. The van der Waals surface area contributed by atoms with E-state index in [2.05, 4.69) is 10.6 Å². The van der Waals surface area contributed by atoms with E-state index in [1.165, 1.54) is 13.8 Å². The van der Waals surface area contributed by atoms with Gasteiger partial charge in [-0.05, 0) is 24.6 Å². The molecule has 22 heavy (non-hydrogen) atoms. The zero-order valence-electron chi connectivity index (χ0n) is 12.5. The molecule has 0 saturated heterocycles. The van der Waals surface area contributed by atoms with E-state index in [0.29, 0.717) is 11.3 Å². The molecule has 1 rings (SSSR count). The van der Waals surface area contributed by atoms with Crippen LogP contribution in [0.1, 0.15) is 31.9 Å². The third kappa shape index (κ3) is 6.02. The lowest BCUT2D eigenvalue weighted by Gasteiger charge is -2.18. The van der Waals surface area contributed by atoms with E-state index in [9.17, 15) is 24.6 Å². The Labute approximate surface area is 128 Å². The van der Waals surface area contributed by atoms with Crippen LogP contribution in [-0.2, 0) is 14.4 Å². The van der Waals surface area contributed by atoms with E-state index in [0.717, 1.165) is 0 Å². The zero-order valence-corrected chi connectivity index (χ0v) is 12.5. The molecular formula is C15H20N2O5. The molecule has 0 spiro atoms. The Bertz CT molecular complexity index is 541. The average Bonchev–Trinajstić information content (AvgIpc) is 2.43. The van der Waals surface area contributed by atoms with Crippen LogP contribution in [0.5, 0.6) is 0 Å². The molecule has 0 heterocycles.